The molecule has 1 amide bonds. The molecule has 0 bridgehead atoms. The van der Waals surface area contributed by atoms with Crippen molar-refractivity contribution in [1.29, 1.82) is 5.26 Å². The Labute approximate surface area is 175 Å². The highest BCUT2D eigenvalue weighted by Crippen LogP contribution is 2.31. The van der Waals surface area contributed by atoms with Crippen LogP contribution in [0.3, 0.4) is 0 Å². The summed E-state index contributed by atoms with van der Waals surface area (Å²) >= 11 is 1.34. The number of methoxy groups -OCH3 is 1. The van der Waals surface area contributed by atoms with Gasteiger partial charge in [0.05, 0.1) is 30.6 Å². The smallest absolute Gasteiger partial charge is 0.271 e. The van der Waals surface area contributed by atoms with Gasteiger partial charge in [0.15, 0.2) is 0 Å². The van der Waals surface area contributed by atoms with E-state index in [2.05, 4.69) is 10.3 Å². The summed E-state index contributed by atoms with van der Waals surface area (Å²) in [5.74, 6) is 0.381. The first kappa shape index (κ1) is 19.4. The number of thiophene rings is 1. The lowest BCUT2D eigenvalue weighted by molar-refractivity contribution is -0.116. The lowest BCUT2D eigenvalue weighted by atomic mass is 10.2. The van der Waals surface area contributed by atoms with E-state index in [1.54, 1.807) is 31.4 Å². The van der Waals surface area contributed by atoms with Crippen LogP contribution in [0.25, 0.3) is 20.7 Å². The first-order chi connectivity index (χ1) is 14.6. The monoisotopic (exact) mass is 416 g/mol. The van der Waals surface area contributed by atoms with Crippen LogP contribution in [0.4, 0.5) is 5.69 Å². The van der Waals surface area contributed by atoms with Gasteiger partial charge in [0, 0.05) is 10.6 Å². The van der Waals surface area contributed by atoms with Crippen molar-refractivity contribution in [2.24, 2.45) is 0 Å². The Morgan fingerprint density at radius 1 is 1.23 bits per heavy atom. The average molecular weight is 416 g/mol. The third-order valence-electron chi connectivity index (χ3n) is 4.47. The molecule has 8 heteroatoms. The first-order valence-corrected chi connectivity index (χ1v) is 9.82. The average Bonchev–Trinajstić information content (AvgIpc) is 3.21. The van der Waals surface area contributed by atoms with Gasteiger partial charge in [-0.25, -0.2) is 4.98 Å². The summed E-state index contributed by atoms with van der Waals surface area (Å²) in [7, 11) is 1.61. The van der Waals surface area contributed by atoms with Crippen molar-refractivity contribution in [2.75, 3.05) is 12.4 Å². The van der Waals surface area contributed by atoms with Gasteiger partial charge in [0.2, 0.25) is 5.91 Å². The van der Waals surface area contributed by atoms with E-state index < -0.39 is 0 Å². The Balaban J connectivity index is 1.57. The van der Waals surface area contributed by atoms with Crippen LogP contribution in [-0.2, 0) is 11.3 Å². The fourth-order valence-electron chi connectivity index (χ4n) is 2.98. The zero-order valence-corrected chi connectivity index (χ0v) is 16.8. The van der Waals surface area contributed by atoms with E-state index >= 15 is 0 Å². The largest absolute Gasteiger partial charge is 0.497 e. The molecule has 148 valence electrons. The molecule has 0 unspecified atom stereocenters. The van der Waals surface area contributed by atoms with Crippen LogP contribution in [0, 0.1) is 11.3 Å². The predicted octanol–water partition coefficient (Wildman–Crippen LogP) is 3.64. The van der Waals surface area contributed by atoms with Crippen LogP contribution in [0.15, 0.2) is 65.7 Å². The van der Waals surface area contributed by atoms with Crippen LogP contribution >= 0.6 is 11.3 Å². The number of aromatic nitrogens is 2. The number of carbonyl (C=O) groups is 1. The standard InChI is InChI=1S/C22H16N4O3S/c1-29-17-7-5-15(6-8-17)19-10-18-21(30-19)22(28)26(13-24-18)12-20(27)25-16-4-2-3-14(9-16)11-23/h2-10,13H,12H2,1H3,(H,25,27). The third kappa shape index (κ3) is 3.92. The zero-order valence-electron chi connectivity index (χ0n) is 16.0. The summed E-state index contributed by atoms with van der Waals surface area (Å²) in [6.07, 6.45) is 1.38. The van der Waals surface area contributed by atoms with Crippen molar-refractivity contribution in [3.8, 4) is 22.3 Å². The summed E-state index contributed by atoms with van der Waals surface area (Å²) in [6.45, 7) is -0.172. The highest BCUT2D eigenvalue weighted by molar-refractivity contribution is 7.22. The highest BCUT2D eigenvalue weighted by Gasteiger charge is 2.13. The Bertz CT molecular complexity index is 1330. The number of carbonyl (C=O) groups excluding carboxylic acids is 1. The number of rotatable bonds is 5. The third-order valence-corrected chi connectivity index (χ3v) is 5.63. The maximum Gasteiger partial charge on any atom is 0.271 e. The van der Waals surface area contributed by atoms with E-state index in [1.165, 1.54) is 22.2 Å². The normalized spacial score (nSPS) is 10.5. The molecule has 0 fully saturated rings. The van der Waals surface area contributed by atoms with Crippen LogP contribution < -0.4 is 15.6 Å². The highest BCUT2D eigenvalue weighted by atomic mass is 32.1. The predicted molar refractivity (Wildman–Crippen MR) is 116 cm³/mol. The molecule has 0 aliphatic rings. The summed E-state index contributed by atoms with van der Waals surface area (Å²) in [6, 6.07) is 18.0. The van der Waals surface area contributed by atoms with Crippen molar-refractivity contribution in [3.63, 3.8) is 0 Å². The van der Waals surface area contributed by atoms with Gasteiger partial charge in [-0.3, -0.25) is 14.2 Å². The van der Waals surface area contributed by atoms with Gasteiger partial charge in [-0.2, -0.15) is 5.26 Å². The molecule has 7 nitrogen and oxygen atoms in total. The molecule has 0 spiro atoms. The second-order valence-electron chi connectivity index (χ2n) is 6.47. The van der Waals surface area contributed by atoms with Crippen LogP contribution in [-0.4, -0.2) is 22.6 Å². The Morgan fingerprint density at radius 3 is 2.77 bits per heavy atom. The van der Waals surface area contributed by atoms with Crippen molar-refractivity contribution >= 4 is 33.1 Å². The molecule has 0 aliphatic heterocycles. The summed E-state index contributed by atoms with van der Waals surface area (Å²) in [4.78, 5) is 30.5. The maximum absolute atomic E-state index is 12.9. The minimum absolute atomic E-state index is 0.172. The number of amides is 1. The number of nitriles is 1. The molecule has 2 heterocycles. The molecule has 0 atom stereocenters. The number of hydrogen-bond acceptors (Lipinski definition) is 6. The second kappa shape index (κ2) is 8.19. The van der Waals surface area contributed by atoms with E-state index in [0.717, 1.165) is 16.2 Å². The van der Waals surface area contributed by atoms with Gasteiger partial charge in [0.25, 0.3) is 5.56 Å². The minimum Gasteiger partial charge on any atom is -0.497 e. The number of nitrogens with zero attached hydrogens (tertiary/aromatic N) is 3. The van der Waals surface area contributed by atoms with E-state index in [9.17, 15) is 9.59 Å². The van der Waals surface area contributed by atoms with Crippen LogP contribution in [0.2, 0.25) is 0 Å². The lowest BCUT2D eigenvalue weighted by Crippen LogP contribution is -2.27. The van der Waals surface area contributed by atoms with Crippen LogP contribution in [0.5, 0.6) is 5.75 Å². The number of nitrogens with one attached hydrogen (secondary N) is 1. The summed E-state index contributed by atoms with van der Waals surface area (Å²) in [5, 5.41) is 11.7. The molecule has 0 aliphatic carbocycles. The van der Waals surface area contributed by atoms with E-state index in [-0.39, 0.29) is 18.0 Å². The molecule has 2 aromatic heterocycles. The topological polar surface area (TPSA) is 97.0 Å². The van der Waals surface area contributed by atoms with Crippen molar-refractivity contribution in [2.45, 2.75) is 6.54 Å². The number of benzene rings is 2. The van der Waals surface area contributed by atoms with Gasteiger partial charge in [0.1, 0.15) is 17.0 Å². The summed E-state index contributed by atoms with van der Waals surface area (Å²) < 4.78 is 6.94. The summed E-state index contributed by atoms with van der Waals surface area (Å²) in [5.41, 5.74) is 2.22. The van der Waals surface area contributed by atoms with E-state index in [4.69, 9.17) is 10.00 Å². The Hall–Kier alpha value is -3.96. The molecule has 4 aromatic rings. The first-order valence-electron chi connectivity index (χ1n) is 9.01. The Kier molecular flexibility index (Phi) is 5.28. The number of ether oxygens (including phenoxy) is 1. The molecule has 0 saturated carbocycles. The maximum atomic E-state index is 12.9. The van der Waals surface area contributed by atoms with Crippen molar-refractivity contribution in [1.82, 2.24) is 9.55 Å². The molecule has 0 saturated heterocycles. The SMILES string of the molecule is COc1ccc(-c2cc3ncn(CC(=O)Nc4cccc(C#N)c4)c(=O)c3s2)cc1. The van der Waals surface area contributed by atoms with Gasteiger partial charge >= 0.3 is 0 Å². The molecular formula is C22H16N4O3S. The van der Waals surface area contributed by atoms with Gasteiger partial charge in [-0.05, 0) is 54.1 Å². The molecule has 1 N–H and O–H groups in total. The van der Waals surface area contributed by atoms with Gasteiger partial charge in [-0.15, -0.1) is 11.3 Å². The molecule has 0 radical (unpaired) electrons. The lowest BCUT2D eigenvalue weighted by Gasteiger charge is -2.07. The molecule has 30 heavy (non-hydrogen) atoms. The zero-order chi connectivity index (χ0) is 21.1. The molecule has 2 aromatic carbocycles. The molecule has 4 rings (SSSR count). The van der Waals surface area contributed by atoms with Crippen molar-refractivity contribution < 1.29 is 9.53 Å². The fraction of sp³-hybridized carbons (Fsp3) is 0.0909. The number of anilines is 1. The van der Waals surface area contributed by atoms with E-state index in [1.807, 2.05) is 36.4 Å². The second-order valence-corrected chi connectivity index (χ2v) is 7.52. The fourth-order valence-corrected chi connectivity index (χ4v) is 4.04. The number of fused-ring (bicyclic) bond motifs is 1. The minimum atomic E-state index is -0.375. The van der Waals surface area contributed by atoms with Gasteiger partial charge < -0.3 is 10.1 Å². The Morgan fingerprint density at radius 2 is 2.03 bits per heavy atom. The molecular weight excluding hydrogens is 400 g/mol. The number of hydrogen-bond donors (Lipinski definition) is 1. The quantitative estimate of drug-likeness (QED) is 0.536. The van der Waals surface area contributed by atoms with Crippen LogP contribution in [0.1, 0.15) is 5.56 Å². The van der Waals surface area contributed by atoms with Crippen molar-refractivity contribution in [3.05, 3.63) is 76.8 Å². The van der Waals surface area contributed by atoms with E-state index in [0.29, 0.717) is 21.5 Å². The van der Waals surface area contributed by atoms with Gasteiger partial charge in [-0.1, -0.05) is 6.07 Å².